The van der Waals surface area contributed by atoms with Gasteiger partial charge in [0.25, 0.3) is 0 Å². The average molecular weight is 565 g/mol. The lowest BCUT2D eigenvalue weighted by molar-refractivity contribution is -0.559. The summed E-state index contributed by atoms with van der Waals surface area (Å²) in [7, 11) is 0. The SMILES string of the molecule is C[C@@H]1CC[C@H]2[C@@H](C)C(=O)O[C@@H]3OC4(C)CC[C@@H]1[C@]32OO4.C[C@@H]1CC[C@H]2[C@@H](C)C(=O)O[C@@H]3OC4(C)CC[C@@H]1[C@]32OO4. The van der Waals surface area contributed by atoms with Gasteiger partial charge in [0.05, 0.1) is 11.8 Å². The van der Waals surface area contributed by atoms with E-state index < -0.39 is 35.4 Å². The number of hydrogen-bond acceptors (Lipinski definition) is 10. The Morgan fingerprint density at radius 2 is 0.950 bits per heavy atom. The van der Waals surface area contributed by atoms with Gasteiger partial charge in [-0.15, -0.1) is 0 Å². The van der Waals surface area contributed by atoms with E-state index >= 15 is 0 Å². The Morgan fingerprint density at radius 1 is 0.550 bits per heavy atom. The third-order valence-corrected chi connectivity index (χ3v) is 11.9. The molecule has 224 valence electrons. The van der Waals surface area contributed by atoms with E-state index in [9.17, 15) is 9.59 Å². The summed E-state index contributed by atoms with van der Waals surface area (Å²) in [6, 6.07) is 0. The second-order valence-electron chi connectivity index (χ2n) is 14.3. The van der Waals surface area contributed by atoms with Gasteiger partial charge in [-0.25, -0.2) is 19.6 Å². The van der Waals surface area contributed by atoms with Crippen LogP contribution >= 0.6 is 0 Å². The lowest BCUT2D eigenvalue weighted by Crippen LogP contribution is -2.69. The van der Waals surface area contributed by atoms with E-state index in [2.05, 4.69) is 13.8 Å². The second-order valence-corrected chi connectivity index (χ2v) is 14.3. The fraction of sp³-hybridized carbons (Fsp3) is 0.933. The van der Waals surface area contributed by atoms with Crippen molar-refractivity contribution in [3.05, 3.63) is 0 Å². The van der Waals surface area contributed by atoms with E-state index in [-0.39, 0.29) is 35.6 Å². The minimum atomic E-state index is -0.793. The minimum Gasteiger partial charge on any atom is -0.432 e. The summed E-state index contributed by atoms with van der Waals surface area (Å²) in [5.41, 5.74) is -1.22. The van der Waals surface area contributed by atoms with Crippen LogP contribution in [0.2, 0.25) is 0 Å². The molecule has 10 nitrogen and oxygen atoms in total. The molecule has 0 aromatic heterocycles. The van der Waals surface area contributed by atoms with Crippen LogP contribution in [0.5, 0.6) is 0 Å². The molecule has 0 radical (unpaired) electrons. The first-order valence-corrected chi connectivity index (χ1v) is 15.4. The van der Waals surface area contributed by atoms with Crippen LogP contribution in [0.15, 0.2) is 0 Å². The molecule has 10 fully saturated rings. The summed E-state index contributed by atoms with van der Waals surface area (Å²) in [6.45, 7) is 12.1. The zero-order chi connectivity index (χ0) is 28.2. The Morgan fingerprint density at radius 3 is 1.35 bits per heavy atom. The quantitative estimate of drug-likeness (QED) is 0.301. The molecule has 0 aromatic rings. The highest BCUT2D eigenvalue weighted by molar-refractivity contribution is 5.74. The molecule has 0 aromatic carbocycles. The number of fused-ring (bicyclic) bond motifs is 4. The average Bonchev–Trinajstić information content (AvgIpc) is 3.28. The molecule has 10 aliphatic rings. The molecule has 0 amide bonds. The standard InChI is InChI=1S/2C15H22O5/c2*1-8-4-5-11-9(2)12(16)17-13-15(11)10(8)6-7-14(3,18-13)19-20-15/h2*8-11,13H,4-7H2,1-3H3/t2*8-,9-,10+,11+,13-,14?,15-/m11/s1. The van der Waals surface area contributed by atoms with Gasteiger partial charge in [-0.1, -0.05) is 27.7 Å². The summed E-state index contributed by atoms with van der Waals surface area (Å²) >= 11 is 0. The highest BCUT2D eigenvalue weighted by atomic mass is 17.3. The van der Waals surface area contributed by atoms with Gasteiger partial charge in [0, 0.05) is 36.5 Å². The Bertz CT molecular complexity index is 985. The van der Waals surface area contributed by atoms with Gasteiger partial charge < -0.3 is 18.9 Å². The van der Waals surface area contributed by atoms with Gasteiger partial charge >= 0.3 is 11.9 Å². The Kier molecular flexibility index (Phi) is 6.26. The molecule has 8 aliphatic heterocycles. The van der Waals surface area contributed by atoms with E-state index in [1.807, 2.05) is 27.7 Å². The first-order valence-electron chi connectivity index (χ1n) is 15.4. The van der Waals surface area contributed by atoms with Crippen LogP contribution in [-0.4, -0.2) is 47.3 Å². The van der Waals surface area contributed by atoms with Crippen molar-refractivity contribution in [3.63, 3.8) is 0 Å². The molecule has 14 atom stereocenters. The van der Waals surface area contributed by atoms with Crippen molar-refractivity contribution in [1.29, 1.82) is 0 Å². The number of esters is 2. The highest BCUT2D eigenvalue weighted by Gasteiger charge is 2.71. The molecule has 4 bridgehead atoms. The van der Waals surface area contributed by atoms with E-state index in [4.69, 9.17) is 38.5 Å². The normalized spacial score (nSPS) is 57.8. The Labute approximate surface area is 235 Å². The number of ether oxygens (including phenoxy) is 4. The van der Waals surface area contributed by atoms with Crippen LogP contribution < -0.4 is 0 Å². The number of carbonyl (C=O) groups excluding carboxylic acids is 2. The molecule has 2 saturated carbocycles. The minimum absolute atomic E-state index is 0.123. The van der Waals surface area contributed by atoms with Crippen molar-refractivity contribution in [3.8, 4) is 0 Å². The first kappa shape index (κ1) is 27.5. The fourth-order valence-electron chi connectivity index (χ4n) is 9.52. The third kappa shape index (κ3) is 3.68. The molecular weight excluding hydrogens is 520 g/mol. The molecule has 10 rings (SSSR count). The van der Waals surface area contributed by atoms with Crippen LogP contribution in [0.1, 0.15) is 92.9 Å². The van der Waals surface area contributed by atoms with Crippen molar-refractivity contribution in [2.24, 2.45) is 47.3 Å². The lowest BCUT2D eigenvalue weighted by atomic mass is 9.58. The monoisotopic (exact) mass is 564 g/mol. The number of carbonyl (C=O) groups is 2. The van der Waals surface area contributed by atoms with Crippen molar-refractivity contribution in [1.82, 2.24) is 0 Å². The molecule has 2 spiro atoms. The molecular formula is C30H44O10. The Hall–Kier alpha value is -1.30. The van der Waals surface area contributed by atoms with Gasteiger partial charge in [0.1, 0.15) is 0 Å². The fourth-order valence-corrected chi connectivity index (χ4v) is 9.52. The zero-order valence-electron chi connectivity index (χ0n) is 24.5. The number of hydrogen-bond donors (Lipinski definition) is 0. The van der Waals surface area contributed by atoms with Crippen molar-refractivity contribution in [2.45, 2.75) is 128 Å². The van der Waals surface area contributed by atoms with Crippen LogP contribution in [0.3, 0.4) is 0 Å². The summed E-state index contributed by atoms with van der Waals surface area (Å²) < 4.78 is 23.2. The van der Waals surface area contributed by atoms with Gasteiger partial charge in [-0.2, -0.15) is 0 Å². The predicted molar refractivity (Wildman–Crippen MR) is 136 cm³/mol. The van der Waals surface area contributed by atoms with Gasteiger partial charge in [-0.05, 0) is 64.2 Å². The molecule has 8 saturated heterocycles. The second kappa shape index (κ2) is 9.10. The van der Waals surface area contributed by atoms with E-state index in [1.54, 1.807) is 0 Å². The molecule has 2 aliphatic carbocycles. The maximum Gasteiger partial charge on any atom is 0.311 e. The van der Waals surface area contributed by atoms with E-state index in [0.29, 0.717) is 23.7 Å². The van der Waals surface area contributed by atoms with Crippen LogP contribution in [0.4, 0.5) is 0 Å². The van der Waals surface area contributed by atoms with Crippen molar-refractivity contribution >= 4 is 11.9 Å². The maximum absolute atomic E-state index is 12.1. The molecule has 0 N–H and O–H groups in total. The van der Waals surface area contributed by atoms with Gasteiger partial charge in [-0.3, -0.25) is 9.59 Å². The first-order chi connectivity index (χ1) is 18.9. The Balaban J connectivity index is 0.000000132. The zero-order valence-corrected chi connectivity index (χ0v) is 24.5. The smallest absolute Gasteiger partial charge is 0.311 e. The van der Waals surface area contributed by atoms with Gasteiger partial charge in [0.15, 0.2) is 11.2 Å². The largest absolute Gasteiger partial charge is 0.432 e. The van der Waals surface area contributed by atoms with Crippen molar-refractivity contribution in [2.75, 3.05) is 0 Å². The van der Waals surface area contributed by atoms with Crippen LogP contribution in [0.25, 0.3) is 0 Å². The van der Waals surface area contributed by atoms with Crippen LogP contribution in [-0.2, 0) is 48.1 Å². The maximum atomic E-state index is 12.1. The van der Waals surface area contributed by atoms with E-state index in [0.717, 1.165) is 51.4 Å². The lowest BCUT2D eigenvalue weighted by Gasteiger charge is -2.57. The summed E-state index contributed by atoms with van der Waals surface area (Å²) in [5, 5.41) is 0. The number of rotatable bonds is 0. The van der Waals surface area contributed by atoms with Crippen LogP contribution in [0, 0.1) is 47.3 Å². The third-order valence-electron chi connectivity index (χ3n) is 11.9. The van der Waals surface area contributed by atoms with E-state index in [1.165, 1.54) is 0 Å². The molecule has 8 heterocycles. The predicted octanol–water partition coefficient (Wildman–Crippen LogP) is 4.79. The topological polar surface area (TPSA) is 108 Å². The molecule has 2 unspecified atom stereocenters. The van der Waals surface area contributed by atoms with Crippen molar-refractivity contribution < 1.29 is 48.1 Å². The molecule has 10 heteroatoms. The molecule has 40 heavy (non-hydrogen) atoms. The highest BCUT2D eigenvalue weighted by Crippen LogP contribution is 2.61. The summed E-state index contributed by atoms with van der Waals surface area (Å²) in [6.07, 6.45) is 6.49. The summed E-state index contributed by atoms with van der Waals surface area (Å²) in [5.74, 6) is -0.274. The summed E-state index contributed by atoms with van der Waals surface area (Å²) in [4.78, 5) is 47.4. The van der Waals surface area contributed by atoms with Gasteiger partial charge in [0.2, 0.25) is 24.2 Å².